The van der Waals surface area contributed by atoms with E-state index in [0.29, 0.717) is 6.10 Å². The Morgan fingerprint density at radius 1 is 1.40 bits per heavy atom. The van der Waals surface area contributed by atoms with Crippen molar-refractivity contribution in [2.24, 2.45) is 5.92 Å². The Labute approximate surface area is 75.4 Å². The zero-order chi connectivity index (χ0) is 6.97. The fourth-order valence-electron chi connectivity index (χ4n) is 1.83. The van der Waals surface area contributed by atoms with E-state index in [-0.39, 0.29) is 0 Å². The standard InChI is InChI=1S/C7H12INO/c8-9-3-1-7-6(5-9)2-4-10-7/h6-7H,1-5H2. The maximum absolute atomic E-state index is 5.58. The van der Waals surface area contributed by atoms with Gasteiger partial charge >= 0.3 is 0 Å². The van der Waals surface area contributed by atoms with E-state index in [0.717, 1.165) is 12.5 Å². The first kappa shape index (κ1) is 7.31. The van der Waals surface area contributed by atoms with Crippen molar-refractivity contribution < 1.29 is 4.74 Å². The summed E-state index contributed by atoms with van der Waals surface area (Å²) in [5.41, 5.74) is 0. The van der Waals surface area contributed by atoms with E-state index in [2.05, 4.69) is 26.0 Å². The van der Waals surface area contributed by atoms with Crippen LogP contribution in [0.4, 0.5) is 0 Å². The van der Waals surface area contributed by atoms with E-state index in [9.17, 15) is 0 Å². The smallest absolute Gasteiger partial charge is 0.0629 e. The molecule has 2 unspecified atom stereocenters. The highest BCUT2D eigenvalue weighted by Gasteiger charge is 2.32. The minimum Gasteiger partial charge on any atom is -0.378 e. The Kier molecular flexibility index (Phi) is 2.15. The van der Waals surface area contributed by atoms with Gasteiger partial charge in [0, 0.05) is 48.5 Å². The van der Waals surface area contributed by atoms with E-state index >= 15 is 0 Å². The highest BCUT2D eigenvalue weighted by molar-refractivity contribution is 14.1. The molecule has 0 aromatic carbocycles. The fourth-order valence-corrected chi connectivity index (χ4v) is 2.62. The summed E-state index contributed by atoms with van der Waals surface area (Å²) >= 11 is 2.41. The van der Waals surface area contributed by atoms with Gasteiger partial charge in [0.15, 0.2) is 0 Å². The maximum Gasteiger partial charge on any atom is 0.0629 e. The molecular formula is C7H12INO. The molecule has 3 heteroatoms. The summed E-state index contributed by atoms with van der Waals surface area (Å²) in [6.45, 7) is 3.45. The van der Waals surface area contributed by atoms with Gasteiger partial charge in [-0.3, -0.25) is 0 Å². The lowest BCUT2D eigenvalue weighted by Crippen LogP contribution is -2.35. The largest absolute Gasteiger partial charge is 0.378 e. The summed E-state index contributed by atoms with van der Waals surface area (Å²) in [7, 11) is 0. The number of hydrogen-bond donors (Lipinski definition) is 0. The molecule has 0 spiro atoms. The van der Waals surface area contributed by atoms with Crippen molar-refractivity contribution in [2.75, 3.05) is 19.7 Å². The zero-order valence-electron chi connectivity index (χ0n) is 5.92. The average Bonchev–Trinajstić information content (AvgIpc) is 2.33. The van der Waals surface area contributed by atoms with Gasteiger partial charge in [0.1, 0.15) is 0 Å². The van der Waals surface area contributed by atoms with Crippen molar-refractivity contribution in [3.63, 3.8) is 0 Å². The highest BCUT2D eigenvalue weighted by Crippen LogP contribution is 2.29. The molecule has 2 rings (SSSR count). The first-order valence-corrected chi connectivity index (χ1v) is 4.85. The molecule has 2 fully saturated rings. The van der Waals surface area contributed by atoms with Crippen LogP contribution in [-0.2, 0) is 4.74 Å². The SMILES string of the molecule is IN1CCC2OCCC2C1. The first-order valence-electron chi connectivity index (χ1n) is 3.88. The van der Waals surface area contributed by atoms with Crippen LogP contribution in [0.3, 0.4) is 0 Å². The number of fused-ring (bicyclic) bond motifs is 1. The van der Waals surface area contributed by atoms with Gasteiger partial charge in [-0.15, -0.1) is 0 Å². The molecule has 0 N–H and O–H groups in total. The van der Waals surface area contributed by atoms with Crippen LogP contribution in [0.5, 0.6) is 0 Å². The van der Waals surface area contributed by atoms with Crippen molar-refractivity contribution in [3.8, 4) is 0 Å². The number of ether oxygens (including phenoxy) is 1. The second-order valence-corrected chi connectivity index (χ2v) is 4.48. The van der Waals surface area contributed by atoms with Crippen LogP contribution < -0.4 is 0 Å². The van der Waals surface area contributed by atoms with E-state index in [1.807, 2.05) is 0 Å². The van der Waals surface area contributed by atoms with Crippen LogP contribution in [0.2, 0.25) is 0 Å². The molecule has 0 bridgehead atoms. The molecule has 2 heterocycles. The molecule has 2 nitrogen and oxygen atoms in total. The van der Waals surface area contributed by atoms with Crippen molar-refractivity contribution in [3.05, 3.63) is 0 Å². The van der Waals surface area contributed by atoms with Crippen LogP contribution in [-0.4, -0.2) is 28.9 Å². The monoisotopic (exact) mass is 253 g/mol. The molecule has 0 aromatic rings. The summed E-state index contributed by atoms with van der Waals surface area (Å²) in [5.74, 6) is 0.839. The normalized spacial score (nSPS) is 41.7. The highest BCUT2D eigenvalue weighted by atomic mass is 127. The van der Waals surface area contributed by atoms with Crippen LogP contribution in [0.1, 0.15) is 12.8 Å². The summed E-state index contributed by atoms with van der Waals surface area (Å²) in [6.07, 6.45) is 3.13. The molecule has 0 amide bonds. The van der Waals surface area contributed by atoms with Gasteiger partial charge in [-0.2, -0.15) is 0 Å². The molecule has 0 aliphatic carbocycles. The van der Waals surface area contributed by atoms with E-state index < -0.39 is 0 Å². The second kappa shape index (κ2) is 2.95. The number of hydrogen-bond acceptors (Lipinski definition) is 2. The van der Waals surface area contributed by atoms with Crippen molar-refractivity contribution >= 4 is 22.9 Å². The number of nitrogens with zero attached hydrogens (tertiary/aromatic N) is 1. The van der Waals surface area contributed by atoms with Crippen molar-refractivity contribution in [1.29, 1.82) is 0 Å². The summed E-state index contributed by atoms with van der Waals surface area (Å²) < 4.78 is 7.96. The Morgan fingerprint density at radius 3 is 3.20 bits per heavy atom. The molecule has 0 aromatic heterocycles. The third-order valence-electron chi connectivity index (χ3n) is 2.44. The number of piperidine rings is 1. The quantitative estimate of drug-likeness (QED) is 0.478. The Bertz CT molecular complexity index is 131. The minimum absolute atomic E-state index is 0.603. The molecule has 2 aliphatic heterocycles. The van der Waals surface area contributed by atoms with Gasteiger partial charge in [-0.05, 0) is 12.8 Å². The Hall–Kier alpha value is 0.650. The van der Waals surface area contributed by atoms with Crippen LogP contribution in [0.15, 0.2) is 0 Å². The van der Waals surface area contributed by atoms with Gasteiger partial charge in [-0.25, -0.2) is 3.11 Å². The third kappa shape index (κ3) is 1.31. The van der Waals surface area contributed by atoms with Crippen LogP contribution in [0, 0.1) is 5.92 Å². The predicted octanol–water partition coefficient (Wildman–Crippen LogP) is 1.45. The zero-order valence-corrected chi connectivity index (χ0v) is 8.08. The topological polar surface area (TPSA) is 12.5 Å². The maximum atomic E-state index is 5.58. The van der Waals surface area contributed by atoms with Crippen molar-refractivity contribution in [1.82, 2.24) is 3.11 Å². The van der Waals surface area contributed by atoms with Crippen molar-refractivity contribution in [2.45, 2.75) is 18.9 Å². The second-order valence-electron chi connectivity index (χ2n) is 3.12. The van der Waals surface area contributed by atoms with E-state index in [1.54, 1.807) is 0 Å². The first-order chi connectivity index (χ1) is 4.86. The van der Waals surface area contributed by atoms with Crippen LogP contribution >= 0.6 is 22.9 Å². The lowest BCUT2D eigenvalue weighted by molar-refractivity contribution is 0.0606. The van der Waals surface area contributed by atoms with Gasteiger partial charge < -0.3 is 4.74 Å². The van der Waals surface area contributed by atoms with Gasteiger partial charge in [0.05, 0.1) is 6.10 Å². The number of halogens is 1. The van der Waals surface area contributed by atoms with Crippen LogP contribution in [0.25, 0.3) is 0 Å². The number of rotatable bonds is 0. The molecule has 2 saturated heterocycles. The van der Waals surface area contributed by atoms with Gasteiger partial charge in [0.2, 0.25) is 0 Å². The average molecular weight is 253 g/mol. The van der Waals surface area contributed by atoms with E-state index in [1.165, 1.54) is 25.9 Å². The van der Waals surface area contributed by atoms with E-state index in [4.69, 9.17) is 4.74 Å². The van der Waals surface area contributed by atoms with Gasteiger partial charge in [0.25, 0.3) is 0 Å². The summed E-state index contributed by atoms with van der Waals surface area (Å²) in [5, 5.41) is 0. The Morgan fingerprint density at radius 2 is 2.30 bits per heavy atom. The molecule has 10 heavy (non-hydrogen) atoms. The summed E-state index contributed by atoms with van der Waals surface area (Å²) in [6, 6.07) is 0. The third-order valence-corrected chi connectivity index (χ3v) is 3.31. The Balaban J connectivity index is 1.96. The molecule has 2 aliphatic rings. The minimum atomic E-state index is 0.603. The summed E-state index contributed by atoms with van der Waals surface area (Å²) in [4.78, 5) is 0. The fraction of sp³-hybridized carbons (Fsp3) is 1.00. The predicted molar refractivity (Wildman–Crippen MR) is 48.1 cm³/mol. The molecule has 0 saturated carbocycles. The molecule has 0 radical (unpaired) electrons. The molecule has 58 valence electrons. The molecular weight excluding hydrogens is 241 g/mol. The lowest BCUT2D eigenvalue weighted by atomic mass is 9.96. The molecule has 2 atom stereocenters. The van der Waals surface area contributed by atoms with Gasteiger partial charge in [-0.1, -0.05) is 0 Å². The lowest BCUT2D eigenvalue weighted by Gasteiger charge is -2.29.